The first kappa shape index (κ1) is 30.2. The van der Waals surface area contributed by atoms with Crippen molar-refractivity contribution in [2.75, 3.05) is 39.6 Å². The zero-order valence-corrected chi connectivity index (χ0v) is 25.4. The van der Waals surface area contributed by atoms with Gasteiger partial charge in [0.15, 0.2) is 16.9 Å². The van der Waals surface area contributed by atoms with E-state index in [9.17, 15) is 9.59 Å². The second kappa shape index (κ2) is 13.0. The molecule has 9 nitrogen and oxygen atoms in total. The molecule has 2 aliphatic heterocycles. The van der Waals surface area contributed by atoms with Gasteiger partial charge in [-0.1, -0.05) is 36.4 Å². The number of methoxy groups -OCH3 is 3. The Balaban J connectivity index is 1.73. The van der Waals surface area contributed by atoms with Crippen LogP contribution in [-0.4, -0.2) is 57.5 Å². The molecular formula is C34H40N2O7. The first-order chi connectivity index (χ1) is 20.9. The summed E-state index contributed by atoms with van der Waals surface area (Å²) in [6, 6.07) is 22.9. The minimum Gasteiger partial charge on any atom is -0.497 e. The highest BCUT2D eigenvalue weighted by atomic mass is 16.6. The third kappa shape index (κ3) is 5.38. The number of nitrogens with zero attached hydrogens (tertiary/aromatic N) is 2. The van der Waals surface area contributed by atoms with E-state index in [-0.39, 0.29) is 31.7 Å². The number of carbonyl (C=O) groups is 2. The number of para-hydroxylation sites is 1. The van der Waals surface area contributed by atoms with Crippen LogP contribution in [0.25, 0.3) is 0 Å². The van der Waals surface area contributed by atoms with Crippen LogP contribution >= 0.6 is 0 Å². The molecule has 0 N–H and O–H groups in total. The lowest BCUT2D eigenvalue weighted by Gasteiger charge is -2.51. The monoisotopic (exact) mass is 588 g/mol. The predicted octanol–water partition coefficient (Wildman–Crippen LogP) is 5.90. The predicted molar refractivity (Wildman–Crippen MR) is 162 cm³/mol. The Morgan fingerprint density at radius 1 is 0.744 bits per heavy atom. The summed E-state index contributed by atoms with van der Waals surface area (Å²) in [5.74, 6) is 0.829. The van der Waals surface area contributed by atoms with E-state index < -0.39 is 23.4 Å². The Kier molecular flexibility index (Phi) is 9.11. The lowest BCUT2D eigenvalue weighted by molar-refractivity contribution is -0.175. The molecule has 0 radical (unpaired) electrons. The molecule has 0 bridgehead atoms. The van der Waals surface area contributed by atoms with E-state index in [1.54, 1.807) is 35.2 Å². The molecule has 3 aromatic carbocycles. The van der Waals surface area contributed by atoms with Gasteiger partial charge in [0.05, 0.1) is 58.4 Å². The largest absolute Gasteiger partial charge is 0.497 e. The Morgan fingerprint density at radius 2 is 1.37 bits per heavy atom. The van der Waals surface area contributed by atoms with Crippen molar-refractivity contribution in [3.05, 3.63) is 83.9 Å². The van der Waals surface area contributed by atoms with Crippen molar-refractivity contribution in [1.29, 1.82) is 0 Å². The highest BCUT2D eigenvalue weighted by Gasteiger charge is 2.66. The van der Waals surface area contributed by atoms with Gasteiger partial charge < -0.3 is 23.7 Å². The highest BCUT2D eigenvalue weighted by Crippen LogP contribution is 2.57. The van der Waals surface area contributed by atoms with Gasteiger partial charge in [-0.3, -0.25) is 14.6 Å². The van der Waals surface area contributed by atoms with E-state index >= 15 is 0 Å². The molecule has 228 valence electrons. The van der Waals surface area contributed by atoms with Crippen LogP contribution in [0.1, 0.15) is 56.3 Å². The maximum Gasteiger partial charge on any atom is 0.325 e. The molecule has 2 saturated heterocycles. The average Bonchev–Trinajstić information content (AvgIpc) is 3.41. The SMILES string of the molecule is CCOC(=O)C1(C(=O)OCC)C[C@H](c2ccc(OC)c(OC)c2)N2[C@H]1CC[C@H](c1ccc(OC)cc1)N2c1ccccc1. The molecule has 0 amide bonds. The first-order valence-corrected chi connectivity index (χ1v) is 14.8. The van der Waals surface area contributed by atoms with Crippen molar-refractivity contribution in [1.82, 2.24) is 5.01 Å². The van der Waals surface area contributed by atoms with Crippen LogP contribution in [0.4, 0.5) is 5.69 Å². The molecule has 9 heteroatoms. The van der Waals surface area contributed by atoms with Gasteiger partial charge in [-0.15, -0.1) is 0 Å². The van der Waals surface area contributed by atoms with Crippen molar-refractivity contribution in [3.8, 4) is 17.2 Å². The summed E-state index contributed by atoms with van der Waals surface area (Å²) in [5, 5.41) is 4.46. The second-order valence-corrected chi connectivity index (χ2v) is 10.7. The summed E-state index contributed by atoms with van der Waals surface area (Å²) < 4.78 is 27.9. The number of rotatable bonds is 10. The number of benzene rings is 3. The summed E-state index contributed by atoms with van der Waals surface area (Å²) in [7, 11) is 4.84. The van der Waals surface area contributed by atoms with Crippen LogP contribution in [-0.2, 0) is 19.1 Å². The van der Waals surface area contributed by atoms with E-state index in [0.29, 0.717) is 24.3 Å². The average molecular weight is 589 g/mol. The van der Waals surface area contributed by atoms with Gasteiger partial charge in [-0.2, -0.15) is 0 Å². The van der Waals surface area contributed by atoms with Crippen molar-refractivity contribution in [2.24, 2.45) is 5.41 Å². The zero-order chi connectivity index (χ0) is 30.6. The number of carbonyl (C=O) groups excluding carboxylic acids is 2. The van der Waals surface area contributed by atoms with E-state index in [4.69, 9.17) is 23.7 Å². The quantitative estimate of drug-likeness (QED) is 0.212. The van der Waals surface area contributed by atoms with E-state index in [1.807, 2.05) is 48.5 Å². The number of anilines is 1. The smallest absolute Gasteiger partial charge is 0.325 e. The normalized spacial score (nSPS) is 21.0. The van der Waals surface area contributed by atoms with Crippen molar-refractivity contribution in [2.45, 2.75) is 51.2 Å². The first-order valence-electron chi connectivity index (χ1n) is 14.8. The number of ether oxygens (including phenoxy) is 5. The summed E-state index contributed by atoms with van der Waals surface area (Å²) in [4.78, 5) is 28.0. The van der Waals surface area contributed by atoms with Crippen LogP contribution in [0.2, 0.25) is 0 Å². The molecule has 3 aromatic rings. The van der Waals surface area contributed by atoms with Crippen LogP contribution < -0.4 is 19.2 Å². The van der Waals surface area contributed by atoms with E-state index in [2.05, 4.69) is 34.3 Å². The molecule has 5 rings (SSSR count). The fraction of sp³-hybridized carbons (Fsp3) is 0.412. The molecule has 43 heavy (non-hydrogen) atoms. The fourth-order valence-electron chi connectivity index (χ4n) is 6.66. The van der Waals surface area contributed by atoms with Crippen LogP contribution in [0.3, 0.4) is 0 Å². The molecule has 0 unspecified atom stereocenters. The summed E-state index contributed by atoms with van der Waals surface area (Å²) >= 11 is 0. The Hall–Kier alpha value is -4.24. The number of esters is 2. The Labute approximate surface area is 253 Å². The van der Waals surface area contributed by atoms with E-state index in [0.717, 1.165) is 22.6 Å². The molecular weight excluding hydrogens is 548 g/mol. The van der Waals surface area contributed by atoms with Crippen molar-refractivity contribution < 1.29 is 33.3 Å². The topological polar surface area (TPSA) is 86.8 Å². The fourth-order valence-corrected chi connectivity index (χ4v) is 6.66. The van der Waals surface area contributed by atoms with Crippen LogP contribution in [0, 0.1) is 5.41 Å². The maximum absolute atomic E-state index is 14.0. The molecule has 0 spiro atoms. The lowest BCUT2D eigenvalue weighted by atomic mass is 9.75. The van der Waals surface area contributed by atoms with Crippen LogP contribution in [0.5, 0.6) is 17.2 Å². The summed E-state index contributed by atoms with van der Waals surface area (Å²) in [6.07, 6.45) is 1.45. The molecule has 0 aromatic heterocycles. The standard InChI is InChI=1S/C34H40N2O7/c1-6-42-32(37)34(33(38)43-7-2)22-28(24-15-19-29(40-4)30(21-24)41-5)36-31(34)20-18-27(23-13-16-26(39-3)17-14-23)35(36)25-11-9-8-10-12-25/h8-17,19,21,27-28,31H,6-7,18,20,22H2,1-5H3/t27-,28-,31+/m1/s1. The highest BCUT2D eigenvalue weighted by molar-refractivity contribution is 6.01. The van der Waals surface area contributed by atoms with Gasteiger partial charge in [0.25, 0.3) is 0 Å². The number of fused-ring (bicyclic) bond motifs is 1. The Bertz CT molecular complexity index is 1390. The van der Waals surface area contributed by atoms with E-state index in [1.165, 1.54) is 0 Å². The maximum atomic E-state index is 14.0. The summed E-state index contributed by atoms with van der Waals surface area (Å²) in [5.41, 5.74) is 1.40. The minimum atomic E-state index is -1.53. The molecule has 2 heterocycles. The van der Waals surface area contributed by atoms with Gasteiger partial charge in [0.1, 0.15) is 5.75 Å². The van der Waals surface area contributed by atoms with Gasteiger partial charge >= 0.3 is 11.9 Å². The molecule has 2 fully saturated rings. The molecule has 3 atom stereocenters. The number of hydrogen-bond acceptors (Lipinski definition) is 9. The van der Waals surface area contributed by atoms with Gasteiger partial charge in [-0.05, 0) is 80.6 Å². The minimum absolute atomic E-state index is 0.0765. The lowest BCUT2D eigenvalue weighted by Crippen LogP contribution is -2.59. The zero-order valence-electron chi connectivity index (χ0n) is 25.4. The summed E-state index contributed by atoms with van der Waals surface area (Å²) in [6.45, 7) is 3.83. The second-order valence-electron chi connectivity index (χ2n) is 10.7. The molecule has 0 aliphatic carbocycles. The Morgan fingerprint density at radius 3 is 1.95 bits per heavy atom. The van der Waals surface area contributed by atoms with Gasteiger partial charge in [-0.25, -0.2) is 5.01 Å². The van der Waals surface area contributed by atoms with Crippen molar-refractivity contribution >= 4 is 17.6 Å². The molecule has 0 saturated carbocycles. The molecule has 2 aliphatic rings. The third-order valence-electron chi connectivity index (χ3n) is 8.57. The van der Waals surface area contributed by atoms with Crippen LogP contribution in [0.15, 0.2) is 72.8 Å². The third-order valence-corrected chi connectivity index (χ3v) is 8.57. The van der Waals surface area contributed by atoms with Gasteiger partial charge in [0, 0.05) is 0 Å². The van der Waals surface area contributed by atoms with Crippen molar-refractivity contribution in [3.63, 3.8) is 0 Å². The van der Waals surface area contributed by atoms with Gasteiger partial charge in [0.2, 0.25) is 0 Å². The number of hydrazine groups is 1. The number of hydrogen-bond donors (Lipinski definition) is 0.